The fraction of sp³-hybridized carbons (Fsp3) is 0.300. The van der Waals surface area contributed by atoms with Crippen molar-refractivity contribution in [2.45, 2.75) is 20.3 Å². The molecule has 0 saturated heterocycles. The number of carboxylic acid groups (broad SMARTS) is 1. The fourth-order valence-corrected chi connectivity index (χ4v) is 1.05. The monoisotopic (exact) mass is 180 g/mol. The maximum atomic E-state index is 10.7. The van der Waals surface area contributed by atoms with Crippen LogP contribution in [0.5, 0.6) is 0 Å². The highest BCUT2D eigenvalue weighted by atomic mass is 16.4. The van der Waals surface area contributed by atoms with Gasteiger partial charge in [-0.25, -0.2) is 4.79 Å². The lowest BCUT2D eigenvalue weighted by molar-refractivity contribution is -0.132. The van der Waals surface area contributed by atoms with E-state index in [0.29, 0.717) is 12.0 Å². The highest BCUT2D eigenvalue weighted by Crippen LogP contribution is 2.14. The summed E-state index contributed by atoms with van der Waals surface area (Å²) in [6.45, 7) is 3.62. The summed E-state index contributed by atoms with van der Waals surface area (Å²) in [6, 6.07) is 1.76. The Morgan fingerprint density at radius 3 is 2.77 bits per heavy atom. The number of aliphatic carboxylic acids is 1. The van der Waals surface area contributed by atoms with E-state index in [0.717, 1.165) is 11.3 Å². The summed E-state index contributed by atoms with van der Waals surface area (Å²) in [5.41, 5.74) is 1.23. The van der Waals surface area contributed by atoms with Crippen LogP contribution in [0.25, 0.3) is 6.08 Å². The molecule has 0 spiro atoms. The minimum Gasteiger partial charge on any atom is -0.478 e. The third-order valence-corrected chi connectivity index (χ3v) is 1.88. The van der Waals surface area contributed by atoms with Crippen LogP contribution in [-0.4, -0.2) is 11.1 Å². The van der Waals surface area contributed by atoms with Crippen molar-refractivity contribution in [2.75, 3.05) is 0 Å². The second-order valence-corrected chi connectivity index (χ2v) is 2.76. The average molecular weight is 180 g/mol. The first-order valence-corrected chi connectivity index (χ1v) is 4.13. The van der Waals surface area contributed by atoms with Crippen LogP contribution in [0.2, 0.25) is 0 Å². The van der Waals surface area contributed by atoms with Crippen molar-refractivity contribution in [3.05, 3.63) is 29.2 Å². The zero-order valence-electron chi connectivity index (χ0n) is 7.70. The van der Waals surface area contributed by atoms with Crippen molar-refractivity contribution in [1.82, 2.24) is 0 Å². The molecule has 0 radical (unpaired) electrons. The van der Waals surface area contributed by atoms with Gasteiger partial charge in [0, 0.05) is 11.1 Å². The van der Waals surface area contributed by atoms with Gasteiger partial charge < -0.3 is 9.52 Å². The molecule has 0 atom stereocenters. The summed E-state index contributed by atoms with van der Waals surface area (Å²) in [6.07, 6.45) is 3.71. The topological polar surface area (TPSA) is 50.4 Å². The molecule has 1 N–H and O–H groups in total. The Labute approximate surface area is 76.7 Å². The molecule has 0 saturated carbocycles. The third-order valence-electron chi connectivity index (χ3n) is 1.88. The SMILES string of the molecule is CC/C(=C\c1ccoc1C)C(=O)O. The molecule has 0 aliphatic carbocycles. The van der Waals surface area contributed by atoms with E-state index < -0.39 is 5.97 Å². The highest BCUT2D eigenvalue weighted by molar-refractivity contribution is 5.92. The molecule has 0 amide bonds. The Bertz CT molecular complexity index is 334. The Hall–Kier alpha value is -1.51. The molecule has 1 aromatic heterocycles. The molecule has 0 aromatic carbocycles. The van der Waals surface area contributed by atoms with Gasteiger partial charge in [-0.3, -0.25) is 0 Å². The molecule has 13 heavy (non-hydrogen) atoms. The second kappa shape index (κ2) is 3.94. The molecule has 0 aliphatic heterocycles. The van der Waals surface area contributed by atoms with Gasteiger partial charge in [0.25, 0.3) is 0 Å². The molecule has 3 nitrogen and oxygen atoms in total. The number of carbonyl (C=O) groups is 1. The third kappa shape index (κ3) is 2.21. The predicted molar refractivity (Wildman–Crippen MR) is 49.3 cm³/mol. The molecule has 3 heteroatoms. The van der Waals surface area contributed by atoms with Crippen molar-refractivity contribution in [3.8, 4) is 0 Å². The molecule has 1 aromatic rings. The maximum Gasteiger partial charge on any atom is 0.331 e. The summed E-state index contributed by atoms with van der Waals surface area (Å²) in [4.78, 5) is 10.7. The van der Waals surface area contributed by atoms with Gasteiger partial charge in [0.15, 0.2) is 0 Å². The van der Waals surface area contributed by atoms with Gasteiger partial charge in [-0.2, -0.15) is 0 Å². The number of hydrogen-bond donors (Lipinski definition) is 1. The van der Waals surface area contributed by atoms with Crippen LogP contribution in [0.3, 0.4) is 0 Å². The van der Waals surface area contributed by atoms with Crippen molar-refractivity contribution in [3.63, 3.8) is 0 Å². The lowest BCUT2D eigenvalue weighted by Crippen LogP contribution is -1.98. The standard InChI is InChI=1S/C10H12O3/c1-3-8(10(11)12)6-9-4-5-13-7(9)2/h4-6H,3H2,1-2H3,(H,11,12)/b8-6+. The van der Waals surface area contributed by atoms with E-state index in [4.69, 9.17) is 9.52 Å². The molecule has 0 fully saturated rings. The average Bonchev–Trinajstić information content (AvgIpc) is 2.46. The van der Waals surface area contributed by atoms with E-state index in [2.05, 4.69) is 0 Å². The van der Waals surface area contributed by atoms with E-state index in [1.54, 1.807) is 25.3 Å². The van der Waals surface area contributed by atoms with Crippen LogP contribution in [0.4, 0.5) is 0 Å². The molecule has 0 bridgehead atoms. The van der Waals surface area contributed by atoms with Crippen molar-refractivity contribution in [2.24, 2.45) is 0 Å². The number of hydrogen-bond acceptors (Lipinski definition) is 2. The van der Waals surface area contributed by atoms with E-state index >= 15 is 0 Å². The number of aryl methyl sites for hydroxylation is 1. The summed E-state index contributed by atoms with van der Waals surface area (Å²) in [5, 5.41) is 8.76. The maximum absolute atomic E-state index is 10.7. The lowest BCUT2D eigenvalue weighted by Gasteiger charge is -1.96. The predicted octanol–water partition coefficient (Wildman–Crippen LogP) is 2.47. The van der Waals surface area contributed by atoms with Gasteiger partial charge in [0.05, 0.1) is 6.26 Å². The molecule has 0 aliphatic rings. The normalized spacial score (nSPS) is 11.7. The Kier molecular flexibility index (Phi) is 2.90. The Morgan fingerprint density at radius 2 is 2.38 bits per heavy atom. The van der Waals surface area contributed by atoms with Gasteiger partial charge in [-0.15, -0.1) is 0 Å². The van der Waals surface area contributed by atoms with Crippen molar-refractivity contribution in [1.29, 1.82) is 0 Å². The van der Waals surface area contributed by atoms with Crippen LogP contribution in [0.15, 0.2) is 22.3 Å². The number of rotatable bonds is 3. The minimum absolute atomic E-state index is 0.393. The van der Waals surface area contributed by atoms with Crippen LogP contribution >= 0.6 is 0 Å². The van der Waals surface area contributed by atoms with Gasteiger partial charge in [0.2, 0.25) is 0 Å². The summed E-state index contributed by atoms with van der Waals surface area (Å²) in [7, 11) is 0. The molecule has 0 unspecified atom stereocenters. The van der Waals surface area contributed by atoms with E-state index in [1.807, 2.05) is 6.92 Å². The van der Waals surface area contributed by atoms with Gasteiger partial charge in [0.1, 0.15) is 5.76 Å². The van der Waals surface area contributed by atoms with Crippen LogP contribution in [0.1, 0.15) is 24.7 Å². The summed E-state index contributed by atoms with van der Waals surface area (Å²) < 4.78 is 5.05. The summed E-state index contributed by atoms with van der Waals surface area (Å²) in [5.74, 6) is -0.129. The smallest absolute Gasteiger partial charge is 0.331 e. The second-order valence-electron chi connectivity index (χ2n) is 2.76. The molecule has 70 valence electrons. The first kappa shape index (κ1) is 9.58. The summed E-state index contributed by atoms with van der Waals surface area (Å²) >= 11 is 0. The van der Waals surface area contributed by atoms with Gasteiger partial charge >= 0.3 is 5.97 Å². The largest absolute Gasteiger partial charge is 0.478 e. The van der Waals surface area contributed by atoms with E-state index in [9.17, 15) is 4.79 Å². The first-order valence-electron chi connectivity index (χ1n) is 4.13. The molecule has 1 heterocycles. The quantitative estimate of drug-likeness (QED) is 0.727. The zero-order valence-corrected chi connectivity index (χ0v) is 7.70. The number of carboxylic acids is 1. The van der Waals surface area contributed by atoms with Crippen molar-refractivity contribution >= 4 is 12.0 Å². The molecular weight excluding hydrogens is 168 g/mol. The molecular formula is C10H12O3. The van der Waals surface area contributed by atoms with Crippen LogP contribution in [-0.2, 0) is 4.79 Å². The Balaban J connectivity index is 2.98. The van der Waals surface area contributed by atoms with E-state index in [-0.39, 0.29) is 0 Å². The lowest BCUT2D eigenvalue weighted by atomic mass is 10.1. The first-order chi connectivity index (χ1) is 6.15. The van der Waals surface area contributed by atoms with Crippen LogP contribution < -0.4 is 0 Å². The van der Waals surface area contributed by atoms with E-state index in [1.165, 1.54) is 0 Å². The minimum atomic E-state index is -0.872. The van der Waals surface area contributed by atoms with Crippen molar-refractivity contribution < 1.29 is 14.3 Å². The fourth-order valence-electron chi connectivity index (χ4n) is 1.05. The Morgan fingerprint density at radius 1 is 1.69 bits per heavy atom. The number of furan rings is 1. The molecule has 1 rings (SSSR count). The zero-order chi connectivity index (χ0) is 9.84. The highest BCUT2D eigenvalue weighted by Gasteiger charge is 2.06. The van der Waals surface area contributed by atoms with Gasteiger partial charge in [-0.05, 0) is 25.5 Å². The van der Waals surface area contributed by atoms with Crippen LogP contribution in [0, 0.1) is 6.92 Å². The van der Waals surface area contributed by atoms with Gasteiger partial charge in [-0.1, -0.05) is 6.92 Å².